The molecule has 0 saturated carbocycles. The lowest BCUT2D eigenvalue weighted by molar-refractivity contribution is -0.153. The van der Waals surface area contributed by atoms with E-state index in [2.05, 4.69) is 15.0 Å². The molecule has 0 saturated heterocycles. The maximum Gasteiger partial charge on any atom is 0.335 e. The number of hydrogen-bond acceptors (Lipinski definition) is 5. The number of rotatable bonds is 3. The fourth-order valence-electron chi connectivity index (χ4n) is 1.19. The molecule has 0 aliphatic carbocycles. The third-order valence-corrected chi connectivity index (χ3v) is 2.37. The summed E-state index contributed by atoms with van der Waals surface area (Å²) in [6, 6.07) is 0. The summed E-state index contributed by atoms with van der Waals surface area (Å²) in [5.41, 5.74) is -0.274. The zero-order chi connectivity index (χ0) is 11.6. The summed E-state index contributed by atoms with van der Waals surface area (Å²) in [6.45, 7) is 3.41. The fourth-order valence-corrected chi connectivity index (χ4v) is 1.19. The van der Waals surface area contributed by atoms with E-state index >= 15 is 0 Å². The number of ether oxygens (including phenoxy) is 1. The summed E-state index contributed by atoms with van der Waals surface area (Å²) in [6.07, 6.45) is 0.408. The Balaban J connectivity index is 2.96. The van der Waals surface area contributed by atoms with E-state index in [1.54, 1.807) is 27.1 Å². The fraction of sp³-hybridized carbons (Fsp3) is 0.667. The highest BCUT2D eigenvalue weighted by atomic mass is 16.5. The number of aryl methyl sites for hydroxylation is 1. The number of aromatic nitrogens is 3. The normalized spacial score (nSPS) is 13.7. The molecule has 1 atom stereocenters. The molecule has 0 amide bonds. The third kappa shape index (κ3) is 2.15. The molecule has 6 heteroatoms. The molecule has 15 heavy (non-hydrogen) atoms. The molecule has 0 aliphatic heterocycles. The van der Waals surface area contributed by atoms with Crippen molar-refractivity contribution in [3.8, 4) is 0 Å². The quantitative estimate of drug-likeness (QED) is 0.693. The van der Waals surface area contributed by atoms with Crippen LogP contribution >= 0.6 is 0 Å². The first-order chi connectivity index (χ1) is 6.89. The van der Waals surface area contributed by atoms with Gasteiger partial charge in [0.05, 0.1) is 12.8 Å². The van der Waals surface area contributed by atoms with Crippen LogP contribution in [0, 0.1) is 0 Å². The van der Waals surface area contributed by atoms with Gasteiger partial charge in [-0.2, -0.15) is 0 Å². The molecular weight excluding hydrogens is 198 g/mol. The first kappa shape index (κ1) is 11.6. The zero-order valence-electron chi connectivity index (χ0n) is 9.26. The van der Waals surface area contributed by atoms with Gasteiger partial charge >= 0.3 is 5.97 Å². The first-order valence-corrected chi connectivity index (χ1v) is 4.52. The van der Waals surface area contributed by atoms with E-state index in [0.717, 1.165) is 0 Å². The predicted octanol–water partition coefficient (Wildman–Crippen LogP) is -0.373. The van der Waals surface area contributed by atoms with Gasteiger partial charge in [0.1, 0.15) is 0 Å². The molecule has 0 bridgehead atoms. The molecule has 0 fully saturated rings. The van der Waals surface area contributed by atoms with Gasteiger partial charge in [-0.05, 0) is 0 Å². The van der Waals surface area contributed by atoms with Gasteiger partial charge in [0.15, 0.2) is 6.10 Å². The number of aliphatic hydroxyl groups is 1. The summed E-state index contributed by atoms with van der Waals surface area (Å²) in [4.78, 5) is 11.2. The second-order valence-electron chi connectivity index (χ2n) is 3.92. The second-order valence-corrected chi connectivity index (χ2v) is 3.92. The Morgan fingerprint density at radius 1 is 1.67 bits per heavy atom. The van der Waals surface area contributed by atoms with Crippen molar-refractivity contribution in [2.24, 2.45) is 7.05 Å². The van der Waals surface area contributed by atoms with E-state index in [-0.39, 0.29) is 0 Å². The number of methoxy groups -OCH3 is 1. The Kier molecular flexibility index (Phi) is 3.09. The van der Waals surface area contributed by atoms with Gasteiger partial charge in [-0.25, -0.2) is 4.79 Å². The average molecular weight is 213 g/mol. The molecule has 1 rings (SSSR count). The molecule has 1 aromatic heterocycles. The number of hydrogen-bond donors (Lipinski definition) is 1. The van der Waals surface area contributed by atoms with Crippen LogP contribution in [-0.4, -0.2) is 39.3 Å². The highest BCUT2D eigenvalue weighted by Crippen LogP contribution is 2.25. The molecule has 0 spiro atoms. The van der Waals surface area contributed by atoms with Crippen molar-refractivity contribution in [1.29, 1.82) is 0 Å². The zero-order valence-corrected chi connectivity index (χ0v) is 9.26. The molecule has 1 N–H and O–H groups in total. The SMILES string of the molecule is COC(=O)C(O)C(C)(C)c1cn(C)nn1. The molecule has 84 valence electrons. The molecule has 6 nitrogen and oxygen atoms in total. The van der Waals surface area contributed by atoms with Crippen LogP contribution in [0.3, 0.4) is 0 Å². The highest BCUT2D eigenvalue weighted by molar-refractivity contribution is 5.76. The minimum Gasteiger partial charge on any atom is -0.467 e. The summed E-state index contributed by atoms with van der Waals surface area (Å²) >= 11 is 0. The maximum absolute atomic E-state index is 11.2. The Morgan fingerprint density at radius 3 is 2.67 bits per heavy atom. The third-order valence-electron chi connectivity index (χ3n) is 2.37. The summed E-state index contributed by atoms with van der Waals surface area (Å²) in [5, 5.41) is 17.4. The number of aliphatic hydroxyl groups excluding tert-OH is 1. The van der Waals surface area contributed by atoms with Gasteiger partial charge in [0, 0.05) is 18.7 Å². The standard InChI is InChI=1S/C9H15N3O3/c1-9(2,7(13)8(14)15-4)6-5-12(3)11-10-6/h5,7,13H,1-4H3. The van der Waals surface area contributed by atoms with Crippen LogP contribution < -0.4 is 0 Å². The van der Waals surface area contributed by atoms with E-state index < -0.39 is 17.5 Å². The highest BCUT2D eigenvalue weighted by Gasteiger charge is 2.38. The predicted molar refractivity (Wildman–Crippen MR) is 52.1 cm³/mol. The Bertz CT molecular complexity index is 359. The van der Waals surface area contributed by atoms with Crippen LogP contribution in [-0.2, 0) is 22.0 Å². The summed E-state index contributed by atoms with van der Waals surface area (Å²) in [5.74, 6) is -0.675. The van der Waals surface area contributed by atoms with E-state index in [9.17, 15) is 9.90 Å². The van der Waals surface area contributed by atoms with Crippen molar-refractivity contribution >= 4 is 5.97 Å². The van der Waals surface area contributed by atoms with Crippen molar-refractivity contribution in [2.45, 2.75) is 25.4 Å². The number of esters is 1. The van der Waals surface area contributed by atoms with Crippen molar-refractivity contribution in [3.63, 3.8) is 0 Å². The van der Waals surface area contributed by atoms with Crippen LogP contribution in [0.15, 0.2) is 6.20 Å². The minimum atomic E-state index is -1.25. The van der Waals surface area contributed by atoms with Crippen molar-refractivity contribution < 1.29 is 14.6 Å². The summed E-state index contributed by atoms with van der Waals surface area (Å²) in [7, 11) is 2.95. The molecule has 1 unspecified atom stereocenters. The Hall–Kier alpha value is -1.43. The van der Waals surface area contributed by atoms with Crippen LogP contribution in [0.2, 0.25) is 0 Å². The number of carbonyl (C=O) groups is 1. The van der Waals surface area contributed by atoms with E-state index in [1.165, 1.54) is 11.8 Å². The minimum absolute atomic E-state index is 0.544. The van der Waals surface area contributed by atoms with Crippen LogP contribution in [0.5, 0.6) is 0 Å². The van der Waals surface area contributed by atoms with Gasteiger partial charge in [-0.15, -0.1) is 5.10 Å². The molecule has 1 aromatic rings. The molecule has 0 radical (unpaired) electrons. The molecule has 0 aliphatic rings. The second kappa shape index (κ2) is 3.98. The summed E-state index contributed by atoms with van der Waals surface area (Å²) < 4.78 is 6.00. The van der Waals surface area contributed by atoms with Crippen LogP contribution in [0.1, 0.15) is 19.5 Å². The van der Waals surface area contributed by atoms with E-state index in [4.69, 9.17) is 0 Å². The van der Waals surface area contributed by atoms with Crippen molar-refractivity contribution in [1.82, 2.24) is 15.0 Å². The monoisotopic (exact) mass is 213 g/mol. The van der Waals surface area contributed by atoms with Gasteiger partial charge in [-0.1, -0.05) is 19.1 Å². The van der Waals surface area contributed by atoms with Crippen LogP contribution in [0.4, 0.5) is 0 Å². The van der Waals surface area contributed by atoms with Crippen LogP contribution in [0.25, 0.3) is 0 Å². The topological polar surface area (TPSA) is 77.2 Å². The van der Waals surface area contributed by atoms with Gasteiger partial charge in [0.25, 0.3) is 0 Å². The van der Waals surface area contributed by atoms with Crippen molar-refractivity contribution in [3.05, 3.63) is 11.9 Å². The largest absolute Gasteiger partial charge is 0.467 e. The lowest BCUT2D eigenvalue weighted by atomic mass is 9.83. The smallest absolute Gasteiger partial charge is 0.335 e. The van der Waals surface area contributed by atoms with Gasteiger partial charge in [0.2, 0.25) is 0 Å². The average Bonchev–Trinajstić information content (AvgIpc) is 2.63. The molecule has 0 aromatic carbocycles. The first-order valence-electron chi connectivity index (χ1n) is 4.52. The lowest BCUT2D eigenvalue weighted by Gasteiger charge is -2.25. The van der Waals surface area contributed by atoms with Gasteiger partial charge < -0.3 is 9.84 Å². The van der Waals surface area contributed by atoms with E-state index in [0.29, 0.717) is 5.69 Å². The van der Waals surface area contributed by atoms with Crippen molar-refractivity contribution in [2.75, 3.05) is 7.11 Å². The van der Waals surface area contributed by atoms with E-state index in [1.807, 2.05) is 0 Å². The van der Waals surface area contributed by atoms with Gasteiger partial charge in [-0.3, -0.25) is 4.68 Å². The Morgan fingerprint density at radius 2 is 2.27 bits per heavy atom. The number of carbonyl (C=O) groups excluding carboxylic acids is 1. The maximum atomic E-state index is 11.2. The lowest BCUT2D eigenvalue weighted by Crippen LogP contribution is -2.41. The number of nitrogens with zero attached hydrogens (tertiary/aromatic N) is 3. The molecule has 1 heterocycles. The Labute approximate surface area is 87.9 Å². The molecular formula is C9H15N3O3.